The van der Waals surface area contributed by atoms with E-state index >= 15 is 0 Å². The van der Waals surface area contributed by atoms with Crippen LogP contribution in [0.25, 0.3) is 0 Å². The molecule has 0 aromatic carbocycles. The van der Waals surface area contributed by atoms with Crippen LogP contribution in [0.1, 0.15) is 58.3 Å². The molecule has 5 heteroatoms. The average molecular weight is 290 g/mol. The molecule has 0 radical (unpaired) electrons. The van der Waals surface area contributed by atoms with Gasteiger partial charge in [-0.2, -0.15) is 0 Å². The molecule has 3 nitrogen and oxygen atoms in total. The molecule has 3 aliphatic rings. The first-order chi connectivity index (χ1) is 10.1. The van der Waals surface area contributed by atoms with Gasteiger partial charge in [-0.15, -0.1) is 0 Å². The summed E-state index contributed by atoms with van der Waals surface area (Å²) in [4.78, 5) is 5.05. The fourth-order valence-electron chi connectivity index (χ4n) is 5.04. The SMILES string of the molecule is BN1CCCC(CC2CCC(C)(C3CCCCN3B)O2)C1. The third-order valence-corrected chi connectivity index (χ3v) is 6.19. The summed E-state index contributed by atoms with van der Waals surface area (Å²) in [6.45, 7) is 6.20. The second-order valence-electron chi connectivity index (χ2n) is 8.09. The molecule has 0 spiro atoms. The molecule has 0 saturated carbocycles. The van der Waals surface area contributed by atoms with Gasteiger partial charge in [0.1, 0.15) is 0 Å². The van der Waals surface area contributed by atoms with E-state index in [2.05, 4.69) is 32.5 Å². The van der Waals surface area contributed by atoms with E-state index in [1.165, 1.54) is 71.0 Å². The Morgan fingerprint density at radius 1 is 1.10 bits per heavy atom. The Kier molecular flexibility index (Phi) is 5.02. The van der Waals surface area contributed by atoms with Gasteiger partial charge in [-0.25, -0.2) is 0 Å². The van der Waals surface area contributed by atoms with Crippen molar-refractivity contribution < 1.29 is 4.74 Å². The van der Waals surface area contributed by atoms with Gasteiger partial charge in [0.05, 0.1) is 11.7 Å². The highest BCUT2D eigenvalue weighted by Gasteiger charge is 2.44. The fourth-order valence-corrected chi connectivity index (χ4v) is 5.04. The second-order valence-corrected chi connectivity index (χ2v) is 8.09. The lowest BCUT2D eigenvalue weighted by atomic mass is 9.83. The van der Waals surface area contributed by atoms with Crippen molar-refractivity contribution in [3.8, 4) is 0 Å². The second kappa shape index (κ2) is 6.64. The van der Waals surface area contributed by atoms with Crippen LogP contribution in [0, 0.1) is 5.92 Å². The fraction of sp³-hybridized carbons (Fsp3) is 1.00. The quantitative estimate of drug-likeness (QED) is 0.721. The Morgan fingerprint density at radius 3 is 2.71 bits per heavy atom. The lowest BCUT2D eigenvalue weighted by Crippen LogP contribution is -2.52. The highest BCUT2D eigenvalue weighted by molar-refractivity contribution is 6.04. The van der Waals surface area contributed by atoms with E-state index in [-0.39, 0.29) is 5.60 Å². The van der Waals surface area contributed by atoms with Crippen molar-refractivity contribution in [1.82, 2.24) is 9.62 Å². The summed E-state index contributed by atoms with van der Waals surface area (Å²) in [5, 5.41) is 0. The lowest BCUT2D eigenvalue weighted by molar-refractivity contribution is -0.0828. The number of ether oxygens (including phenoxy) is 1. The van der Waals surface area contributed by atoms with Crippen molar-refractivity contribution in [1.29, 1.82) is 0 Å². The third-order valence-electron chi connectivity index (χ3n) is 6.19. The zero-order valence-electron chi connectivity index (χ0n) is 14.3. The Balaban J connectivity index is 1.54. The van der Waals surface area contributed by atoms with Gasteiger partial charge < -0.3 is 14.4 Å². The molecule has 4 unspecified atom stereocenters. The van der Waals surface area contributed by atoms with Gasteiger partial charge in [-0.1, -0.05) is 6.42 Å². The topological polar surface area (TPSA) is 15.7 Å². The predicted molar refractivity (Wildman–Crippen MR) is 92.9 cm³/mol. The Hall–Kier alpha value is 0.00987. The van der Waals surface area contributed by atoms with Crippen LogP contribution in [0.4, 0.5) is 0 Å². The first-order valence-electron chi connectivity index (χ1n) is 9.13. The molecule has 0 aliphatic carbocycles. The molecule has 3 saturated heterocycles. The molecule has 4 atom stereocenters. The van der Waals surface area contributed by atoms with E-state index in [1.807, 2.05) is 0 Å². The summed E-state index contributed by atoms with van der Waals surface area (Å²) in [7, 11) is 4.56. The average Bonchev–Trinajstić information content (AvgIpc) is 2.81. The van der Waals surface area contributed by atoms with Crippen LogP contribution >= 0.6 is 0 Å². The minimum absolute atomic E-state index is 0.112. The Morgan fingerprint density at radius 2 is 1.95 bits per heavy atom. The minimum atomic E-state index is 0.112. The largest absolute Gasteiger partial charge is 0.370 e. The van der Waals surface area contributed by atoms with Crippen LogP contribution in [0.15, 0.2) is 0 Å². The molecule has 0 bridgehead atoms. The Labute approximate surface area is 132 Å². The van der Waals surface area contributed by atoms with Crippen LogP contribution in [-0.4, -0.2) is 63.0 Å². The molecular formula is C16H32B2N2O. The monoisotopic (exact) mass is 290 g/mol. The van der Waals surface area contributed by atoms with Gasteiger partial charge in [-0.05, 0) is 77.4 Å². The van der Waals surface area contributed by atoms with E-state index in [0.29, 0.717) is 12.1 Å². The van der Waals surface area contributed by atoms with Gasteiger partial charge in [0.2, 0.25) is 0 Å². The van der Waals surface area contributed by atoms with E-state index < -0.39 is 0 Å². The number of nitrogens with zero attached hydrogens (tertiary/aromatic N) is 2. The molecule has 118 valence electrons. The highest BCUT2D eigenvalue weighted by Crippen LogP contribution is 2.40. The minimum Gasteiger partial charge on any atom is -0.370 e. The zero-order chi connectivity index (χ0) is 14.9. The van der Waals surface area contributed by atoms with Crippen LogP contribution < -0.4 is 0 Å². The molecule has 3 heterocycles. The zero-order valence-corrected chi connectivity index (χ0v) is 14.3. The molecule has 21 heavy (non-hydrogen) atoms. The van der Waals surface area contributed by atoms with E-state index in [9.17, 15) is 0 Å². The summed E-state index contributed by atoms with van der Waals surface area (Å²) in [5.74, 6) is 0.861. The highest BCUT2D eigenvalue weighted by atomic mass is 16.5. The standard InChI is InChI=1S/C16H32B2N2O/c1-16(15-6-2-3-10-20(15)18)8-7-14(21-16)11-13-5-4-9-19(17)12-13/h13-15H,2-12,17-18H2,1H3. The number of hydrogen-bond donors (Lipinski definition) is 0. The maximum absolute atomic E-state index is 6.64. The molecule has 0 aromatic rings. The van der Waals surface area contributed by atoms with Crippen molar-refractivity contribution in [2.75, 3.05) is 19.6 Å². The molecule has 0 N–H and O–H groups in total. The van der Waals surface area contributed by atoms with Gasteiger partial charge >= 0.3 is 0 Å². The maximum Gasteiger partial charge on any atom is 0.185 e. The number of hydrogen-bond acceptors (Lipinski definition) is 3. The number of rotatable bonds is 3. The van der Waals surface area contributed by atoms with Crippen molar-refractivity contribution >= 4 is 16.0 Å². The van der Waals surface area contributed by atoms with Crippen LogP contribution in [0.2, 0.25) is 0 Å². The van der Waals surface area contributed by atoms with E-state index in [4.69, 9.17) is 4.74 Å². The third kappa shape index (κ3) is 3.68. The number of piperidine rings is 2. The summed E-state index contributed by atoms with van der Waals surface area (Å²) >= 11 is 0. The van der Waals surface area contributed by atoms with E-state index in [1.54, 1.807) is 0 Å². The normalized spacial score (nSPS) is 43.2. The summed E-state index contributed by atoms with van der Waals surface area (Å²) in [5.41, 5.74) is 0.112. The van der Waals surface area contributed by atoms with Gasteiger partial charge in [0.25, 0.3) is 0 Å². The molecule has 3 fully saturated rings. The van der Waals surface area contributed by atoms with Crippen LogP contribution in [0.5, 0.6) is 0 Å². The first-order valence-corrected chi connectivity index (χ1v) is 9.13. The van der Waals surface area contributed by atoms with Gasteiger partial charge in [-0.3, -0.25) is 0 Å². The van der Waals surface area contributed by atoms with Crippen molar-refractivity contribution in [3.05, 3.63) is 0 Å². The molecule has 0 amide bonds. The lowest BCUT2D eigenvalue weighted by Gasteiger charge is -2.43. The van der Waals surface area contributed by atoms with Crippen molar-refractivity contribution in [2.24, 2.45) is 5.92 Å². The van der Waals surface area contributed by atoms with Gasteiger partial charge in [0.15, 0.2) is 16.0 Å². The molecule has 3 rings (SSSR count). The van der Waals surface area contributed by atoms with Crippen LogP contribution in [0.3, 0.4) is 0 Å². The van der Waals surface area contributed by atoms with Crippen molar-refractivity contribution in [3.63, 3.8) is 0 Å². The summed E-state index contributed by atoms with van der Waals surface area (Å²) in [6.07, 6.45) is 11.2. The molecule has 3 aliphatic heterocycles. The molecule has 0 aromatic heterocycles. The van der Waals surface area contributed by atoms with Crippen LogP contribution in [-0.2, 0) is 4.74 Å². The smallest absolute Gasteiger partial charge is 0.185 e. The summed E-state index contributed by atoms with van der Waals surface area (Å²) in [6, 6.07) is 0.644. The van der Waals surface area contributed by atoms with Crippen molar-refractivity contribution in [2.45, 2.75) is 76.0 Å². The summed E-state index contributed by atoms with van der Waals surface area (Å²) < 4.78 is 6.64. The first kappa shape index (κ1) is 15.9. The van der Waals surface area contributed by atoms with Gasteiger partial charge in [0, 0.05) is 6.04 Å². The maximum atomic E-state index is 6.64. The van der Waals surface area contributed by atoms with E-state index in [0.717, 1.165) is 5.92 Å². The Bertz CT molecular complexity index is 357. The predicted octanol–water partition coefficient (Wildman–Crippen LogP) is 0.977. The molecular weight excluding hydrogens is 258 g/mol.